The molecule has 2 aliphatic heterocycles. The maximum absolute atomic E-state index is 14.1. The van der Waals surface area contributed by atoms with Crippen molar-refractivity contribution >= 4 is 53.5 Å². The monoisotopic (exact) mass is 977 g/mol. The number of carbonyl (C=O) groups excluding carboxylic acids is 8. The van der Waals surface area contributed by atoms with Gasteiger partial charge in [-0.15, -0.1) is 0 Å². The quantitative estimate of drug-likeness (QED) is 0.0894. The smallest absolute Gasteiger partial charge is 0.333 e. The first-order valence-corrected chi connectivity index (χ1v) is 22.0. The highest BCUT2D eigenvalue weighted by atomic mass is 16.8. The van der Waals surface area contributed by atoms with Gasteiger partial charge >= 0.3 is 47.8 Å². The molecule has 0 N–H and O–H groups in total. The lowest BCUT2D eigenvalue weighted by Gasteiger charge is -2.48. The third-order valence-corrected chi connectivity index (χ3v) is 10.2. The predicted octanol–water partition coefficient (Wildman–Crippen LogP) is 3.27. The van der Waals surface area contributed by atoms with Crippen molar-refractivity contribution < 1.29 is 95.2 Å². The van der Waals surface area contributed by atoms with Crippen LogP contribution in [-0.4, -0.2) is 141 Å². The minimum Gasteiger partial charge on any atom is -0.463 e. The average Bonchev–Trinajstić information content (AvgIpc) is 3.30. The van der Waals surface area contributed by atoms with E-state index in [9.17, 15) is 38.4 Å². The van der Waals surface area contributed by atoms with Gasteiger partial charge in [0, 0.05) is 59.6 Å². The first-order valence-electron chi connectivity index (χ1n) is 22.0. The largest absolute Gasteiger partial charge is 0.463 e. The number of esters is 8. The number of rotatable bonds is 20. The fraction of sp³-hybridized carbons (Fsp3) is 0.449. The molecule has 0 aromatic heterocycles. The summed E-state index contributed by atoms with van der Waals surface area (Å²) in [7, 11) is 0. The molecule has 0 radical (unpaired) electrons. The van der Waals surface area contributed by atoms with Gasteiger partial charge in [-0.2, -0.15) is 0 Å². The number of hydrogen-bond acceptors (Lipinski definition) is 21. The summed E-state index contributed by atoms with van der Waals surface area (Å²) in [4.78, 5) is 107. The molecule has 0 saturated carbocycles. The Kier molecular flexibility index (Phi) is 20.1. The Hall–Kier alpha value is -7.07. The fourth-order valence-corrected chi connectivity index (χ4v) is 7.44. The Morgan fingerprint density at radius 1 is 0.471 bits per heavy atom. The molecule has 0 amide bonds. The number of hydrogen-bond donors (Lipinski definition) is 0. The van der Waals surface area contributed by atoms with Gasteiger partial charge in [0.05, 0.1) is 12.3 Å². The second-order valence-electron chi connectivity index (χ2n) is 15.8. The molecule has 0 bridgehead atoms. The second-order valence-corrected chi connectivity index (χ2v) is 15.8. The highest BCUT2D eigenvalue weighted by Crippen LogP contribution is 2.36. The Bertz CT molecular complexity index is 2270. The summed E-state index contributed by atoms with van der Waals surface area (Å²) < 4.78 is 69.7. The van der Waals surface area contributed by atoms with Crippen LogP contribution in [0.4, 0.5) is 0 Å². The fourth-order valence-electron chi connectivity index (χ4n) is 7.44. The number of nitrogens with zero attached hydrogens (tertiary/aromatic N) is 1. The Labute approximate surface area is 402 Å². The highest BCUT2D eigenvalue weighted by Gasteiger charge is 2.58. The molecule has 3 aromatic carbocycles. The molecule has 2 aliphatic rings. The van der Waals surface area contributed by atoms with Crippen molar-refractivity contribution in [3.05, 3.63) is 108 Å². The van der Waals surface area contributed by atoms with Crippen LogP contribution in [0.1, 0.15) is 65.2 Å². The maximum atomic E-state index is 14.1. The number of benzene rings is 3. The SMILES string of the molecule is CC(=O)OCC1OC(OC2C(COC(C)=O)OC(OCC(N=C(c3ccccc3)c3ccccc3)C(=O)OCc3ccccc3)C(OC(C)=O)C2OC(C)=O)C(OC(C)=O)C(OC(C)=O)C1OC(C)=O. The van der Waals surface area contributed by atoms with Crippen LogP contribution < -0.4 is 0 Å². The summed E-state index contributed by atoms with van der Waals surface area (Å²) in [6.45, 7) is 5.31. The normalized spacial score (nSPS) is 24.3. The van der Waals surface area contributed by atoms with Crippen molar-refractivity contribution in [1.29, 1.82) is 0 Å². The van der Waals surface area contributed by atoms with Gasteiger partial charge in [-0.25, -0.2) is 4.79 Å². The molecule has 2 saturated heterocycles. The molecule has 2 fully saturated rings. The van der Waals surface area contributed by atoms with Gasteiger partial charge in [0.2, 0.25) is 0 Å². The van der Waals surface area contributed by atoms with Crippen molar-refractivity contribution in [3.8, 4) is 0 Å². The Balaban J connectivity index is 1.59. The van der Waals surface area contributed by atoms with Crippen LogP contribution in [0.25, 0.3) is 0 Å². The minimum atomic E-state index is -1.89. The van der Waals surface area contributed by atoms with Crippen molar-refractivity contribution in [2.45, 2.75) is 123 Å². The second kappa shape index (κ2) is 26.1. The molecule has 5 rings (SSSR count). The molecule has 70 heavy (non-hydrogen) atoms. The molecule has 2 heterocycles. The van der Waals surface area contributed by atoms with Crippen LogP contribution in [0.15, 0.2) is 96.0 Å². The van der Waals surface area contributed by atoms with Crippen LogP contribution >= 0.6 is 0 Å². The van der Waals surface area contributed by atoms with Crippen molar-refractivity contribution in [2.75, 3.05) is 19.8 Å². The van der Waals surface area contributed by atoms with E-state index in [1.54, 1.807) is 78.9 Å². The van der Waals surface area contributed by atoms with Crippen LogP contribution in [-0.2, 0) is 102 Å². The standard InChI is InChI=1S/C49H55NO20/c1-27(51)59-25-38-41(63-29(3)53)43(64-30(4)54)46(67-33(7)57)49(69-38)70-42-39(26-60-28(2)52)68-48(45(66-32(6)56)44(42)65-31(5)55)62-24-37(47(58)61-23-34-17-11-8-12-18-34)50-40(35-19-13-9-14-20-35)36-21-15-10-16-22-36/h8-22,37-39,41-46,48-49H,23-26H2,1-7H3. The summed E-state index contributed by atoms with van der Waals surface area (Å²) in [6.07, 6.45) is -16.9. The van der Waals surface area contributed by atoms with Gasteiger partial charge in [-0.05, 0) is 5.56 Å². The first-order chi connectivity index (χ1) is 33.4. The Morgan fingerprint density at radius 3 is 1.34 bits per heavy atom. The molecule has 0 aliphatic carbocycles. The lowest BCUT2D eigenvalue weighted by atomic mass is 9.96. The van der Waals surface area contributed by atoms with E-state index >= 15 is 0 Å². The first kappa shape index (κ1) is 53.9. The van der Waals surface area contributed by atoms with E-state index in [-0.39, 0.29) is 6.61 Å². The Morgan fingerprint density at radius 2 is 0.871 bits per heavy atom. The van der Waals surface area contributed by atoms with Crippen LogP contribution in [0.2, 0.25) is 0 Å². The van der Waals surface area contributed by atoms with E-state index in [2.05, 4.69) is 0 Å². The van der Waals surface area contributed by atoms with E-state index in [1.165, 1.54) is 0 Å². The summed E-state index contributed by atoms with van der Waals surface area (Å²) >= 11 is 0. The minimum absolute atomic E-state index is 0.134. The van der Waals surface area contributed by atoms with Gasteiger partial charge in [-0.1, -0.05) is 91.0 Å². The molecule has 21 heteroatoms. The highest BCUT2D eigenvalue weighted by molar-refractivity contribution is 6.13. The molecule has 21 nitrogen and oxygen atoms in total. The van der Waals surface area contributed by atoms with E-state index in [4.69, 9.17) is 61.8 Å². The number of ether oxygens (including phenoxy) is 12. The third-order valence-electron chi connectivity index (χ3n) is 10.2. The van der Waals surface area contributed by atoms with Gasteiger partial charge < -0.3 is 56.8 Å². The molecule has 11 atom stereocenters. The van der Waals surface area contributed by atoms with E-state index in [1.807, 2.05) is 12.1 Å². The zero-order valence-electron chi connectivity index (χ0n) is 39.5. The van der Waals surface area contributed by atoms with Crippen LogP contribution in [0, 0.1) is 0 Å². The third kappa shape index (κ3) is 16.0. The van der Waals surface area contributed by atoms with Gasteiger partial charge in [0.15, 0.2) is 49.1 Å². The van der Waals surface area contributed by atoms with Crippen molar-refractivity contribution in [3.63, 3.8) is 0 Å². The van der Waals surface area contributed by atoms with Crippen molar-refractivity contribution in [2.24, 2.45) is 4.99 Å². The zero-order valence-corrected chi connectivity index (χ0v) is 39.5. The van der Waals surface area contributed by atoms with Crippen LogP contribution in [0.3, 0.4) is 0 Å². The molecular formula is C49H55NO20. The molecule has 11 unspecified atom stereocenters. The van der Waals surface area contributed by atoms with E-state index in [0.717, 1.165) is 48.5 Å². The van der Waals surface area contributed by atoms with E-state index in [0.29, 0.717) is 22.4 Å². The van der Waals surface area contributed by atoms with Gasteiger partial charge in [0.25, 0.3) is 0 Å². The molecular weight excluding hydrogens is 923 g/mol. The van der Waals surface area contributed by atoms with Crippen LogP contribution in [0.5, 0.6) is 0 Å². The summed E-state index contributed by atoms with van der Waals surface area (Å²) in [5.74, 6) is -7.08. The average molecular weight is 978 g/mol. The molecule has 3 aromatic rings. The topological polar surface area (TPSA) is 260 Å². The molecule has 376 valence electrons. The molecule has 0 spiro atoms. The van der Waals surface area contributed by atoms with Gasteiger partial charge in [-0.3, -0.25) is 38.6 Å². The summed E-state index contributed by atoms with van der Waals surface area (Å²) in [6, 6.07) is 25.5. The summed E-state index contributed by atoms with van der Waals surface area (Å²) in [5, 5.41) is 0. The van der Waals surface area contributed by atoms with E-state index < -0.39 is 135 Å². The lowest BCUT2D eigenvalue weighted by molar-refractivity contribution is -0.361. The lowest BCUT2D eigenvalue weighted by Crippen LogP contribution is -2.67. The predicted molar refractivity (Wildman–Crippen MR) is 238 cm³/mol. The van der Waals surface area contributed by atoms with Gasteiger partial charge in [0.1, 0.15) is 38.1 Å². The maximum Gasteiger partial charge on any atom is 0.333 e. The van der Waals surface area contributed by atoms with Crippen molar-refractivity contribution in [1.82, 2.24) is 0 Å². The summed E-state index contributed by atoms with van der Waals surface area (Å²) in [5.41, 5.74) is 2.34. The zero-order chi connectivity index (χ0) is 50.9. The number of aliphatic imine (C=N–C) groups is 1. The number of carbonyl (C=O) groups is 8.